The molecule has 0 aromatic carbocycles. The molecule has 0 radical (unpaired) electrons. The normalized spacial score (nSPS) is 14.3. The minimum atomic E-state index is -4.49. The molecule has 0 fully saturated rings. The van der Waals surface area contributed by atoms with E-state index in [1.54, 1.807) is 0 Å². The van der Waals surface area contributed by atoms with Crippen LogP contribution in [0.4, 0.5) is 18.0 Å². The second-order valence-corrected chi connectivity index (χ2v) is 2.13. The van der Waals surface area contributed by atoms with E-state index in [4.69, 9.17) is 0 Å². The molecule has 0 saturated heterocycles. The lowest BCUT2D eigenvalue weighted by atomic mass is 10.2. The fourth-order valence-corrected chi connectivity index (χ4v) is 0.718. The monoisotopic (exact) mass is 238 g/mol. The van der Waals surface area contributed by atoms with Crippen molar-refractivity contribution in [1.82, 2.24) is 10.6 Å². The van der Waals surface area contributed by atoms with Crippen LogP contribution in [0.15, 0.2) is 24.0 Å². The van der Waals surface area contributed by atoms with E-state index in [0.29, 0.717) is 6.20 Å². The molecule has 0 saturated carbocycles. The van der Waals surface area contributed by atoms with E-state index >= 15 is 0 Å². The molecule has 3 nitrogen and oxygen atoms in total. The van der Waals surface area contributed by atoms with Gasteiger partial charge in [0.25, 0.3) is 0 Å². The van der Waals surface area contributed by atoms with Crippen LogP contribution in [0.25, 0.3) is 0 Å². The number of allylic oxidation sites excluding steroid dienone is 1. The molecule has 0 aromatic heterocycles. The third kappa shape index (κ3) is 5.43. The largest absolute Gasteiger partial charge is 0.419 e. The van der Waals surface area contributed by atoms with Crippen LogP contribution in [0.2, 0.25) is 0 Å². The number of alkyl halides is 3. The van der Waals surface area contributed by atoms with Crippen LogP contribution < -0.4 is 10.6 Å². The average molecular weight is 238 g/mol. The first-order valence-corrected chi connectivity index (χ1v) is 4.95. The molecule has 94 valence electrons. The van der Waals surface area contributed by atoms with Gasteiger partial charge in [-0.1, -0.05) is 34.3 Å². The maximum Gasteiger partial charge on any atom is 0.419 e. The van der Waals surface area contributed by atoms with Crippen molar-refractivity contribution in [2.24, 2.45) is 0 Å². The Morgan fingerprint density at radius 2 is 1.62 bits per heavy atom. The van der Waals surface area contributed by atoms with Gasteiger partial charge in [0.05, 0.1) is 5.57 Å². The number of nitrogens with one attached hydrogen (secondary N) is 2. The molecule has 0 bridgehead atoms. The summed E-state index contributed by atoms with van der Waals surface area (Å²) in [4.78, 5) is 10.5. The number of urea groups is 1. The molecule has 2 amide bonds. The van der Waals surface area contributed by atoms with Crippen LogP contribution in [-0.2, 0) is 0 Å². The van der Waals surface area contributed by atoms with Crippen LogP contribution in [-0.4, -0.2) is 12.2 Å². The van der Waals surface area contributed by atoms with Gasteiger partial charge in [-0.15, -0.1) is 0 Å². The fourth-order valence-electron chi connectivity index (χ4n) is 0.718. The summed E-state index contributed by atoms with van der Waals surface area (Å²) in [5.41, 5.74) is -1.41. The van der Waals surface area contributed by atoms with Crippen molar-refractivity contribution in [3.63, 3.8) is 0 Å². The van der Waals surface area contributed by atoms with Crippen LogP contribution in [0.3, 0.4) is 0 Å². The SMILES string of the molecule is C=C1NC(=O)NC=C1C(F)(F)F.CC.CC. The lowest BCUT2D eigenvalue weighted by Gasteiger charge is -2.19. The van der Waals surface area contributed by atoms with Crippen molar-refractivity contribution in [2.45, 2.75) is 33.9 Å². The van der Waals surface area contributed by atoms with E-state index < -0.39 is 23.5 Å². The Morgan fingerprint density at radius 1 is 1.19 bits per heavy atom. The number of rotatable bonds is 0. The molecule has 0 unspecified atom stereocenters. The van der Waals surface area contributed by atoms with Crippen LogP contribution >= 0.6 is 0 Å². The highest BCUT2D eigenvalue weighted by Gasteiger charge is 2.37. The number of carbonyl (C=O) groups excluding carboxylic acids is 1. The number of carbonyl (C=O) groups is 1. The Labute approximate surface area is 93.4 Å². The minimum Gasteiger partial charge on any atom is -0.314 e. The molecular formula is C10H17F3N2O. The molecule has 1 aliphatic rings. The zero-order valence-corrected chi connectivity index (χ0v) is 9.83. The maximum absolute atomic E-state index is 12.0. The Bertz CT molecular complexity index is 270. The van der Waals surface area contributed by atoms with Gasteiger partial charge in [-0.2, -0.15) is 13.2 Å². The summed E-state index contributed by atoms with van der Waals surface area (Å²) >= 11 is 0. The minimum absolute atomic E-state index is 0.439. The first kappa shape index (κ1) is 17.0. The molecule has 1 heterocycles. The second kappa shape index (κ2) is 7.78. The molecule has 0 aliphatic carbocycles. The topological polar surface area (TPSA) is 41.1 Å². The highest BCUT2D eigenvalue weighted by molar-refractivity contribution is 5.80. The molecule has 1 aliphatic heterocycles. The fraction of sp³-hybridized carbons (Fsp3) is 0.500. The van der Waals surface area contributed by atoms with Crippen molar-refractivity contribution in [2.75, 3.05) is 0 Å². The van der Waals surface area contributed by atoms with Gasteiger partial charge in [-0.25, -0.2) is 4.79 Å². The van der Waals surface area contributed by atoms with Crippen LogP contribution in [0.5, 0.6) is 0 Å². The highest BCUT2D eigenvalue weighted by atomic mass is 19.4. The second-order valence-electron chi connectivity index (χ2n) is 2.13. The van der Waals surface area contributed by atoms with Gasteiger partial charge in [0.2, 0.25) is 0 Å². The van der Waals surface area contributed by atoms with Crippen molar-refractivity contribution in [3.05, 3.63) is 24.0 Å². The Morgan fingerprint density at radius 3 is 1.94 bits per heavy atom. The maximum atomic E-state index is 12.0. The first-order chi connectivity index (χ1) is 7.41. The quantitative estimate of drug-likeness (QED) is 0.667. The zero-order chi connectivity index (χ0) is 13.4. The molecule has 16 heavy (non-hydrogen) atoms. The van der Waals surface area contributed by atoms with E-state index in [1.807, 2.05) is 38.3 Å². The van der Waals surface area contributed by atoms with Gasteiger partial charge >= 0.3 is 12.2 Å². The summed E-state index contributed by atoms with van der Waals surface area (Å²) in [5, 5.41) is 3.78. The standard InChI is InChI=1S/C6H5F3N2O.2C2H6/c1-3-4(6(7,8)9)2-10-5(12)11-3;2*1-2/h2H,1H2,(H2,10,11,12);2*1-2H3. The molecule has 1 rings (SSSR count). The highest BCUT2D eigenvalue weighted by Crippen LogP contribution is 2.29. The summed E-state index contributed by atoms with van der Waals surface area (Å²) in [6, 6.07) is -0.715. The van der Waals surface area contributed by atoms with Crippen LogP contribution in [0.1, 0.15) is 27.7 Å². The predicted molar refractivity (Wildman–Crippen MR) is 57.6 cm³/mol. The van der Waals surface area contributed by atoms with Crippen molar-refractivity contribution < 1.29 is 18.0 Å². The Balaban J connectivity index is 0. The molecule has 2 N–H and O–H groups in total. The van der Waals surface area contributed by atoms with E-state index in [-0.39, 0.29) is 0 Å². The summed E-state index contributed by atoms with van der Waals surface area (Å²) < 4.78 is 36.0. The van der Waals surface area contributed by atoms with Gasteiger partial charge in [0.15, 0.2) is 0 Å². The van der Waals surface area contributed by atoms with Gasteiger partial charge in [-0.3, -0.25) is 0 Å². The third-order valence-electron chi connectivity index (χ3n) is 1.24. The lowest BCUT2D eigenvalue weighted by molar-refractivity contribution is -0.0902. The smallest absolute Gasteiger partial charge is 0.314 e. The number of hydrogen-bond donors (Lipinski definition) is 2. The van der Waals surface area contributed by atoms with Gasteiger partial charge in [-0.05, 0) is 0 Å². The van der Waals surface area contributed by atoms with Gasteiger partial charge in [0, 0.05) is 11.9 Å². The molecule has 0 atom stereocenters. The average Bonchev–Trinajstić information content (AvgIpc) is 2.21. The summed E-state index contributed by atoms with van der Waals surface area (Å²) in [6.07, 6.45) is -3.90. The molecule has 6 heteroatoms. The predicted octanol–water partition coefficient (Wildman–Crippen LogP) is 3.31. The Hall–Kier alpha value is -1.46. The zero-order valence-electron chi connectivity index (χ0n) is 9.83. The van der Waals surface area contributed by atoms with Gasteiger partial charge in [0.1, 0.15) is 0 Å². The number of hydrogen-bond acceptors (Lipinski definition) is 1. The molecule has 0 aromatic rings. The lowest BCUT2D eigenvalue weighted by Crippen LogP contribution is -2.39. The first-order valence-electron chi connectivity index (χ1n) is 4.95. The van der Waals surface area contributed by atoms with Gasteiger partial charge < -0.3 is 10.6 Å². The molecular weight excluding hydrogens is 221 g/mol. The Kier molecular flexibility index (Phi) is 8.25. The van der Waals surface area contributed by atoms with E-state index in [1.165, 1.54) is 0 Å². The number of halogens is 3. The van der Waals surface area contributed by atoms with E-state index in [2.05, 4.69) is 6.58 Å². The van der Waals surface area contributed by atoms with Crippen molar-refractivity contribution in [3.8, 4) is 0 Å². The summed E-state index contributed by atoms with van der Waals surface area (Å²) in [5.74, 6) is 0. The summed E-state index contributed by atoms with van der Waals surface area (Å²) in [7, 11) is 0. The van der Waals surface area contributed by atoms with Crippen LogP contribution in [0, 0.1) is 0 Å². The number of amides is 2. The van der Waals surface area contributed by atoms with E-state index in [0.717, 1.165) is 0 Å². The molecule has 0 spiro atoms. The van der Waals surface area contributed by atoms with Crippen molar-refractivity contribution in [1.29, 1.82) is 0 Å². The van der Waals surface area contributed by atoms with E-state index in [9.17, 15) is 18.0 Å². The third-order valence-corrected chi connectivity index (χ3v) is 1.24. The summed E-state index contributed by atoms with van der Waals surface area (Å²) in [6.45, 7) is 11.1. The van der Waals surface area contributed by atoms with Crippen molar-refractivity contribution >= 4 is 6.03 Å².